The lowest BCUT2D eigenvalue weighted by atomic mass is 10.2. The van der Waals surface area contributed by atoms with Gasteiger partial charge in [0.15, 0.2) is 5.82 Å². The zero-order valence-corrected chi connectivity index (χ0v) is 10.4. The summed E-state index contributed by atoms with van der Waals surface area (Å²) in [4.78, 5) is 16.4. The van der Waals surface area contributed by atoms with Crippen molar-refractivity contribution in [2.75, 3.05) is 5.73 Å². The third-order valence-corrected chi connectivity index (χ3v) is 2.71. The second-order valence-electron chi connectivity index (χ2n) is 4.11. The Labute approximate surface area is 114 Å². The summed E-state index contributed by atoms with van der Waals surface area (Å²) in [6, 6.07) is 7.87. The van der Waals surface area contributed by atoms with Gasteiger partial charge in [-0.2, -0.15) is 0 Å². The molecule has 0 radical (unpaired) electrons. The molecule has 2 N–H and O–H groups in total. The van der Waals surface area contributed by atoms with Crippen molar-refractivity contribution in [1.82, 2.24) is 19.9 Å². The topological polar surface area (TPSA) is 77.6 Å². The van der Waals surface area contributed by atoms with E-state index in [0.29, 0.717) is 17.1 Å². The SMILES string of the molecule is Nc1ncc(-c2ccnc(-c3cccc(F)c3)n2)cn1. The number of nitrogens with two attached hydrogens (primary N) is 1. The van der Waals surface area contributed by atoms with Crippen LogP contribution in [0.1, 0.15) is 0 Å². The summed E-state index contributed by atoms with van der Waals surface area (Å²) in [5, 5.41) is 0. The molecule has 0 aliphatic carbocycles. The van der Waals surface area contributed by atoms with Crippen LogP contribution in [-0.4, -0.2) is 19.9 Å². The zero-order chi connectivity index (χ0) is 13.9. The van der Waals surface area contributed by atoms with E-state index in [2.05, 4.69) is 19.9 Å². The predicted octanol–water partition coefficient (Wildman–Crippen LogP) is 2.32. The number of aromatic nitrogens is 4. The van der Waals surface area contributed by atoms with Gasteiger partial charge < -0.3 is 5.73 Å². The fourth-order valence-electron chi connectivity index (χ4n) is 1.76. The molecule has 20 heavy (non-hydrogen) atoms. The molecule has 3 aromatic rings. The number of rotatable bonds is 2. The van der Waals surface area contributed by atoms with E-state index in [1.54, 1.807) is 36.8 Å². The van der Waals surface area contributed by atoms with Crippen molar-refractivity contribution in [3.63, 3.8) is 0 Å². The minimum absolute atomic E-state index is 0.202. The average molecular weight is 267 g/mol. The van der Waals surface area contributed by atoms with Crippen molar-refractivity contribution < 1.29 is 4.39 Å². The summed E-state index contributed by atoms with van der Waals surface area (Å²) in [5.74, 6) is 0.319. The quantitative estimate of drug-likeness (QED) is 0.771. The average Bonchev–Trinajstić information content (AvgIpc) is 2.48. The van der Waals surface area contributed by atoms with E-state index in [4.69, 9.17) is 5.73 Å². The van der Waals surface area contributed by atoms with E-state index in [0.717, 1.165) is 5.56 Å². The Morgan fingerprint density at radius 2 is 1.75 bits per heavy atom. The van der Waals surface area contributed by atoms with Crippen LogP contribution in [0.5, 0.6) is 0 Å². The number of hydrogen-bond acceptors (Lipinski definition) is 5. The van der Waals surface area contributed by atoms with Crippen LogP contribution < -0.4 is 5.73 Å². The lowest BCUT2D eigenvalue weighted by molar-refractivity contribution is 0.628. The van der Waals surface area contributed by atoms with Crippen molar-refractivity contribution in [2.45, 2.75) is 0 Å². The second kappa shape index (κ2) is 5.00. The number of nitrogen functional groups attached to an aromatic ring is 1. The van der Waals surface area contributed by atoms with Crippen LogP contribution in [0.3, 0.4) is 0 Å². The van der Waals surface area contributed by atoms with Gasteiger partial charge in [0.2, 0.25) is 5.95 Å². The summed E-state index contributed by atoms with van der Waals surface area (Å²) in [5.41, 5.74) is 7.43. The molecule has 0 bridgehead atoms. The number of halogens is 1. The Morgan fingerprint density at radius 3 is 2.50 bits per heavy atom. The molecular formula is C14H10FN5. The lowest BCUT2D eigenvalue weighted by Crippen LogP contribution is -1.96. The van der Waals surface area contributed by atoms with Crippen molar-refractivity contribution in [3.8, 4) is 22.6 Å². The predicted molar refractivity (Wildman–Crippen MR) is 72.9 cm³/mol. The van der Waals surface area contributed by atoms with E-state index in [1.165, 1.54) is 12.1 Å². The number of benzene rings is 1. The first kappa shape index (κ1) is 12.2. The molecule has 6 heteroatoms. The maximum atomic E-state index is 13.2. The van der Waals surface area contributed by atoms with Gasteiger partial charge in [-0.15, -0.1) is 0 Å². The molecule has 2 aromatic heterocycles. The van der Waals surface area contributed by atoms with Crippen LogP contribution in [0, 0.1) is 5.82 Å². The molecule has 3 rings (SSSR count). The van der Waals surface area contributed by atoms with Crippen molar-refractivity contribution >= 4 is 5.95 Å². The number of anilines is 1. The molecule has 0 atom stereocenters. The van der Waals surface area contributed by atoms with Crippen LogP contribution in [0.2, 0.25) is 0 Å². The van der Waals surface area contributed by atoms with Crippen LogP contribution in [-0.2, 0) is 0 Å². The Morgan fingerprint density at radius 1 is 0.950 bits per heavy atom. The Kier molecular flexibility index (Phi) is 3.04. The van der Waals surface area contributed by atoms with Gasteiger partial charge in [0.05, 0.1) is 5.69 Å². The molecule has 1 aromatic carbocycles. The summed E-state index contributed by atoms with van der Waals surface area (Å²) >= 11 is 0. The lowest BCUT2D eigenvalue weighted by Gasteiger charge is -2.04. The van der Waals surface area contributed by atoms with Crippen LogP contribution in [0.15, 0.2) is 48.9 Å². The van der Waals surface area contributed by atoms with Gasteiger partial charge in [-0.3, -0.25) is 0 Å². The minimum atomic E-state index is -0.327. The maximum Gasteiger partial charge on any atom is 0.219 e. The Hall–Kier alpha value is -2.89. The standard InChI is InChI=1S/C14H10FN5/c15-11-3-1-2-9(6-11)13-17-5-4-12(20-13)10-7-18-14(16)19-8-10/h1-8H,(H2,16,18,19). The van der Waals surface area contributed by atoms with Crippen LogP contribution >= 0.6 is 0 Å². The first-order valence-electron chi connectivity index (χ1n) is 5.89. The third kappa shape index (κ3) is 2.44. The molecule has 5 nitrogen and oxygen atoms in total. The highest BCUT2D eigenvalue weighted by molar-refractivity contribution is 5.62. The first-order valence-corrected chi connectivity index (χ1v) is 5.89. The minimum Gasteiger partial charge on any atom is -0.368 e. The molecular weight excluding hydrogens is 257 g/mol. The van der Waals surface area contributed by atoms with Gasteiger partial charge in [-0.25, -0.2) is 24.3 Å². The van der Waals surface area contributed by atoms with E-state index in [1.807, 2.05) is 0 Å². The Balaban J connectivity index is 2.03. The van der Waals surface area contributed by atoms with Gasteiger partial charge in [0.25, 0.3) is 0 Å². The molecule has 0 saturated carbocycles. The molecule has 0 unspecified atom stereocenters. The monoisotopic (exact) mass is 267 g/mol. The number of nitrogens with zero attached hydrogens (tertiary/aromatic N) is 4. The summed E-state index contributed by atoms with van der Waals surface area (Å²) in [6.45, 7) is 0. The normalized spacial score (nSPS) is 10.4. The van der Waals surface area contributed by atoms with Gasteiger partial charge in [-0.1, -0.05) is 12.1 Å². The molecule has 0 aliphatic heterocycles. The molecule has 0 spiro atoms. The molecule has 0 fully saturated rings. The van der Waals surface area contributed by atoms with E-state index in [-0.39, 0.29) is 11.8 Å². The first-order chi connectivity index (χ1) is 9.72. The van der Waals surface area contributed by atoms with Crippen LogP contribution in [0.4, 0.5) is 10.3 Å². The smallest absolute Gasteiger partial charge is 0.219 e. The fraction of sp³-hybridized carbons (Fsp3) is 0. The highest BCUT2D eigenvalue weighted by Crippen LogP contribution is 2.20. The van der Waals surface area contributed by atoms with E-state index < -0.39 is 0 Å². The molecule has 0 saturated heterocycles. The van der Waals surface area contributed by atoms with Gasteiger partial charge in [0.1, 0.15) is 5.82 Å². The molecule has 0 aliphatic rings. The highest BCUT2D eigenvalue weighted by Gasteiger charge is 2.06. The zero-order valence-electron chi connectivity index (χ0n) is 10.4. The third-order valence-electron chi connectivity index (χ3n) is 2.71. The number of hydrogen-bond donors (Lipinski definition) is 1. The molecule has 98 valence electrons. The summed E-state index contributed by atoms with van der Waals surface area (Å²) < 4.78 is 13.2. The van der Waals surface area contributed by atoms with Gasteiger partial charge >= 0.3 is 0 Å². The molecule has 2 heterocycles. The second-order valence-corrected chi connectivity index (χ2v) is 4.11. The maximum absolute atomic E-state index is 13.2. The molecule has 0 amide bonds. The van der Waals surface area contributed by atoms with E-state index >= 15 is 0 Å². The van der Waals surface area contributed by atoms with Crippen molar-refractivity contribution in [3.05, 3.63) is 54.7 Å². The fourth-order valence-corrected chi connectivity index (χ4v) is 1.76. The van der Waals surface area contributed by atoms with Crippen molar-refractivity contribution in [2.24, 2.45) is 0 Å². The van der Waals surface area contributed by atoms with E-state index in [9.17, 15) is 4.39 Å². The largest absolute Gasteiger partial charge is 0.368 e. The van der Waals surface area contributed by atoms with Gasteiger partial charge in [-0.05, 0) is 18.2 Å². The summed E-state index contributed by atoms with van der Waals surface area (Å²) in [6.07, 6.45) is 4.78. The van der Waals surface area contributed by atoms with Crippen LogP contribution in [0.25, 0.3) is 22.6 Å². The summed E-state index contributed by atoms with van der Waals surface area (Å²) in [7, 11) is 0. The van der Waals surface area contributed by atoms with Crippen molar-refractivity contribution in [1.29, 1.82) is 0 Å². The Bertz CT molecular complexity index is 743. The highest BCUT2D eigenvalue weighted by atomic mass is 19.1. The van der Waals surface area contributed by atoms with Gasteiger partial charge in [0, 0.05) is 29.7 Å².